The zero-order valence-electron chi connectivity index (χ0n) is 10.9. The van der Waals surface area contributed by atoms with Crippen molar-refractivity contribution >= 4 is 0 Å². The molecular weight excluding hydrogens is 238 g/mol. The fourth-order valence-corrected chi connectivity index (χ4v) is 1.98. The quantitative estimate of drug-likeness (QED) is 0.455. The van der Waals surface area contributed by atoms with Gasteiger partial charge < -0.3 is 30.5 Å². The molecule has 18 heavy (non-hydrogen) atoms. The van der Waals surface area contributed by atoms with Gasteiger partial charge in [-0.15, -0.1) is 0 Å². The normalized spacial score (nSPS) is 36.8. The number of nitrogens with two attached hydrogens (primary N) is 1. The highest BCUT2D eigenvalue weighted by Gasteiger charge is 2.42. The summed E-state index contributed by atoms with van der Waals surface area (Å²) < 4.78 is 10.8. The molecule has 1 heterocycles. The molecule has 6 nitrogen and oxygen atoms in total. The van der Waals surface area contributed by atoms with E-state index >= 15 is 0 Å². The molecule has 0 bridgehead atoms. The molecule has 1 aliphatic heterocycles. The molecule has 108 valence electrons. The molecule has 0 aromatic rings. The highest BCUT2D eigenvalue weighted by Crippen LogP contribution is 2.20. The molecule has 1 rings (SSSR count). The minimum absolute atomic E-state index is 0.374. The molecular formula is C12H25NO5. The third-order valence-corrected chi connectivity index (χ3v) is 3.21. The average molecular weight is 263 g/mol. The largest absolute Gasteiger partial charge is 0.394 e. The Bertz CT molecular complexity index is 227. The van der Waals surface area contributed by atoms with E-state index in [1.54, 1.807) is 0 Å². The van der Waals surface area contributed by atoms with E-state index in [0.29, 0.717) is 6.61 Å². The van der Waals surface area contributed by atoms with Gasteiger partial charge in [-0.3, -0.25) is 0 Å². The van der Waals surface area contributed by atoms with Crippen molar-refractivity contribution in [3.8, 4) is 0 Å². The zero-order valence-corrected chi connectivity index (χ0v) is 10.9. The van der Waals surface area contributed by atoms with Crippen LogP contribution in [0.4, 0.5) is 0 Å². The maximum atomic E-state index is 9.71. The third kappa shape index (κ3) is 4.15. The molecule has 0 spiro atoms. The first-order chi connectivity index (χ1) is 8.61. The van der Waals surface area contributed by atoms with Gasteiger partial charge in [0.1, 0.15) is 18.3 Å². The van der Waals surface area contributed by atoms with Crippen molar-refractivity contribution in [1.29, 1.82) is 0 Å². The van der Waals surface area contributed by atoms with Crippen LogP contribution in [0.1, 0.15) is 32.6 Å². The lowest BCUT2D eigenvalue weighted by molar-refractivity contribution is -0.265. The van der Waals surface area contributed by atoms with Crippen LogP contribution in [-0.4, -0.2) is 59.2 Å². The maximum absolute atomic E-state index is 9.71. The molecule has 5 atom stereocenters. The van der Waals surface area contributed by atoms with Crippen LogP contribution in [0.25, 0.3) is 0 Å². The first-order valence-electron chi connectivity index (χ1n) is 6.61. The number of hydrogen-bond acceptors (Lipinski definition) is 6. The van der Waals surface area contributed by atoms with E-state index < -0.39 is 30.6 Å². The highest BCUT2D eigenvalue weighted by atomic mass is 16.7. The molecule has 0 amide bonds. The smallest absolute Gasteiger partial charge is 0.175 e. The molecule has 0 aromatic carbocycles. The fourth-order valence-electron chi connectivity index (χ4n) is 1.98. The molecule has 6 heteroatoms. The van der Waals surface area contributed by atoms with Gasteiger partial charge in [0.2, 0.25) is 0 Å². The standard InChI is InChI=1S/C12H25NO5/c1-2-3-4-5-6-17-12-9(13)11(16)10(15)8(7-14)18-12/h8-12,14-16H,2-7,13H2,1H3/t8?,9?,10-,11-,12-/m1/s1. The lowest BCUT2D eigenvalue weighted by atomic mass is 9.98. The molecule has 1 fully saturated rings. The van der Waals surface area contributed by atoms with Crippen molar-refractivity contribution in [2.24, 2.45) is 5.73 Å². The van der Waals surface area contributed by atoms with Gasteiger partial charge in [-0.05, 0) is 6.42 Å². The van der Waals surface area contributed by atoms with Gasteiger partial charge in [-0.2, -0.15) is 0 Å². The Morgan fingerprint density at radius 2 is 1.89 bits per heavy atom. The minimum atomic E-state index is -1.18. The van der Waals surface area contributed by atoms with Gasteiger partial charge in [0, 0.05) is 6.61 Å². The monoisotopic (exact) mass is 263 g/mol. The molecule has 2 unspecified atom stereocenters. The van der Waals surface area contributed by atoms with Crippen LogP contribution in [-0.2, 0) is 9.47 Å². The van der Waals surface area contributed by atoms with Gasteiger partial charge >= 0.3 is 0 Å². The van der Waals surface area contributed by atoms with Crippen molar-refractivity contribution in [1.82, 2.24) is 0 Å². The summed E-state index contributed by atoms with van der Waals surface area (Å²) in [5.74, 6) is 0. The number of aliphatic hydroxyl groups is 3. The summed E-state index contributed by atoms with van der Waals surface area (Å²) in [7, 11) is 0. The van der Waals surface area contributed by atoms with Crippen LogP contribution >= 0.6 is 0 Å². The van der Waals surface area contributed by atoms with Crippen molar-refractivity contribution in [2.45, 2.75) is 63.3 Å². The van der Waals surface area contributed by atoms with Crippen molar-refractivity contribution in [2.75, 3.05) is 13.2 Å². The summed E-state index contributed by atoms with van der Waals surface area (Å²) in [4.78, 5) is 0. The van der Waals surface area contributed by atoms with Crippen LogP contribution in [0.3, 0.4) is 0 Å². The Morgan fingerprint density at radius 3 is 2.50 bits per heavy atom. The number of rotatable bonds is 7. The summed E-state index contributed by atoms with van der Waals surface area (Å²) in [5, 5.41) is 28.3. The molecule has 0 aromatic heterocycles. The lowest BCUT2D eigenvalue weighted by Gasteiger charge is -2.40. The van der Waals surface area contributed by atoms with E-state index in [2.05, 4.69) is 6.92 Å². The van der Waals surface area contributed by atoms with E-state index in [1.807, 2.05) is 0 Å². The van der Waals surface area contributed by atoms with E-state index in [9.17, 15) is 10.2 Å². The molecule has 1 saturated heterocycles. The van der Waals surface area contributed by atoms with Gasteiger partial charge in [-0.25, -0.2) is 0 Å². The molecule has 0 saturated carbocycles. The van der Waals surface area contributed by atoms with Gasteiger partial charge in [-0.1, -0.05) is 26.2 Å². The molecule has 5 N–H and O–H groups in total. The van der Waals surface area contributed by atoms with Crippen molar-refractivity contribution < 1.29 is 24.8 Å². The fraction of sp³-hybridized carbons (Fsp3) is 1.00. The summed E-state index contributed by atoms with van der Waals surface area (Å²) >= 11 is 0. The molecule has 0 radical (unpaired) electrons. The topological polar surface area (TPSA) is 105 Å². The minimum Gasteiger partial charge on any atom is -0.394 e. The highest BCUT2D eigenvalue weighted by molar-refractivity contribution is 4.91. The van der Waals surface area contributed by atoms with Gasteiger partial charge in [0.25, 0.3) is 0 Å². The second-order valence-corrected chi connectivity index (χ2v) is 4.72. The Kier molecular flexibility index (Phi) is 7.06. The van der Waals surface area contributed by atoms with Gasteiger partial charge in [0.15, 0.2) is 6.29 Å². The second kappa shape index (κ2) is 8.04. The molecule has 1 aliphatic rings. The first kappa shape index (κ1) is 15.8. The average Bonchev–Trinajstić information content (AvgIpc) is 2.38. The predicted molar refractivity (Wildman–Crippen MR) is 65.8 cm³/mol. The van der Waals surface area contributed by atoms with Crippen molar-refractivity contribution in [3.63, 3.8) is 0 Å². The summed E-state index contributed by atoms with van der Waals surface area (Å²) in [6, 6.07) is -0.797. The Balaban J connectivity index is 2.35. The van der Waals surface area contributed by atoms with Crippen LogP contribution in [0.2, 0.25) is 0 Å². The maximum Gasteiger partial charge on any atom is 0.175 e. The van der Waals surface area contributed by atoms with Crippen molar-refractivity contribution in [3.05, 3.63) is 0 Å². The third-order valence-electron chi connectivity index (χ3n) is 3.21. The Morgan fingerprint density at radius 1 is 1.17 bits per heavy atom. The second-order valence-electron chi connectivity index (χ2n) is 4.72. The summed E-state index contributed by atoms with van der Waals surface area (Å²) in [6.45, 7) is 2.25. The number of hydrogen-bond donors (Lipinski definition) is 4. The van der Waals surface area contributed by atoms with Crippen LogP contribution in [0.15, 0.2) is 0 Å². The zero-order chi connectivity index (χ0) is 13.5. The van der Waals surface area contributed by atoms with Crippen LogP contribution in [0.5, 0.6) is 0 Å². The van der Waals surface area contributed by atoms with E-state index in [1.165, 1.54) is 0 Å². The summed E-state index contributed by atoms with van der Waals surface area (Å²) in [6.07, 6.45) is 0.345. The van der Waals surface area contributed by atoms with Crippen LogP contribution < -0.4 is 5.73 Å². The van der Waals surface area contributed by atoms with Gasteiger partial charge in [0.05, 0.1) is 12.6 Å². The number of aliphatic hydroxyl groups excluding tert-OH is 3. The Labute approximate surface area is 108 Å². The number of ether oxygens (including phenoxy) is 2. The predicted octanol–water partition coefficient (Wildman–Crippen LogP) is -0.650. The molecule has 0 aliphatic carbocycles. The summed E-state index contributed by atoms with van der Waals surface area (Å²) in [5.41, 5.74) is 5.73. The Hall–Kier alpha value is -0.240. The van der Waals surface area contributed by atoms with Crippen LogP contribution in [0, 0.1) is 0 Å². The lowest BCUT2D eigenvalue weighted by Crippen LogP contribution is -2.62. The SMILES string of the molecule is CCCCCCO[C@@H]1OC(CO)[C@@H](O)[C@H](O)C1N. The first-order valence-corrected chi connectivity index (χ1v) is 6.61. The number of unbranched alkanes of at least 4 members (excludes halogenated alkanes) is 3. The van der Waals surface area contributed by atoms with E-state index in [-0.39, 0.29) is 6.61 Å². The van der Waals surface area contributed by atoms with E-state index in [4.69, 9.17) is 20.3 Å². The van der Waals surface area contributed by atoms with E-state index in [0.717, 1.165) is 25.7 Å².